The van der Waals surface area contributed by atoms with Crippen molar-refractivity contribution in [3.8, 4) is 0 Å². The van der Waals surface area contributed by atoms with E-state index >= 15 is 0 Å². The molecule has 2 amide bonds. The third-order valence-corrected chi connectivity index (χ3v) is 3.32. The lowest BCUT2D eigenvalue weighted by Gasteiger charge is -2.16. The molecule has 1 aromatic rings. The average molecular weight is 351 g/mol. The second-order valence-corrected chi connectivity index (χ2v) is 5.11. The van der Waals surface area contributed by atoms with E-state index in [1.54, 1.807) is 7.05 Å². The number of carbonyl (C=O) groups is 2. The van der Waals surface area contributed by atoms with Gasteiger partial charge in [0.15, 0.2) is 5.96 Å². The van der Waals surface area contributed by atoms with Gasteiger partial charge in [-0.05, 0) is 18.9 Å². The van der Waals surface area contributed by atoms with Crippen molar-refractivity contribution in [3.63, 3.8) is 0 Å². The highest BCUT2D eigenvalue weighted by Crippen LogP contribution is 2.22. The number of nitro benzene ring substituents is 1. The summed E-state index contributed by atoms with van der Waals surface area (Å²) in [6.07, 6.45) is 0.640. The van der Waals surface area contributed by atoms with Gasteiger partial charge in [-0.15, -0.1) is 0 Å². The molecule has 1 rings (SSSR count). The first-order valence-corrected chi connectivity index (χ1v) is 7.38. The average Bonchev–Trinajstić information content (AvgIpc) is 2.56. The molecule has 0 heterocycles. The van der Waals surface area contributed by atoms with Crippen LogP contribution >= 0.6 is 0 Å². The molecule has 0 aliphatic heterocycles. The number of non-ortho nitro benzene ring substituents is 1. The first kappa shape index (κ1) is 19.7. The maximum atomic E-state index is 12.4. The molecule has 0 aliphatic rings. The molecule has 0 bridgehead atoms. The van der Waals surface area contributed by atoms with Crippen molar-refractivity contribution in [3.05, 3.63) is 33.9 Å². The van der Waals surface area contributed by atoms with Crippen LogP contribution in [-0.2, 0) is 4.79 Å². The second-order valence-electron chi connectivity index (χ2n) is 5.11. The summed E-state index contributed by atoms with van der Waals surface area (Å²) < 4.78 is 0. The Labute approximate surface area is 143 Å². The van der Waals surface area contributed by atoms with Crippen LogP contribution in [0.1, 0.15) is 23.2 Å². The SMILES string of the molecule is CNc1ccc([N+](=O)[O-])cc1C(=O)N[C@@H](CCCN=C(N)N)C(N)=O. The zero-order valence-electron chi connectivity index (χ0n) is 13.7. The first-order valence-electron chi connectivity index (χ1n) is 7.38. The van der Waals surface area contributed by atoms with Crippen LogP contribution in [0, 0.1) is 10.1 Å². The lowest BCUT2D eigenvalue weighted by molar-refractivity contribution is -0.384. The van der Waals surface area contributed by atoms with Gasteiger partial charge in [0.1, 0.15) is 6.04 Å². The minimum atomic E-state index is -0.953. The van der Waals surface area contributed by atoms with E-state index in [-0.39, 0.29) is 30.2 Å². The van der Waals surface area contributed by atoms with Crippen molar-refractivity contribution in [1.82, 2.24) is 5.32 Å². The zero-order chi connectivity index (χ0) is 19.0. The largest absolute Gasteiger partial charge is 0.387 e. The van der Waals surface area contributed by atoms with Gasteiger partial charge in [0.05, 0.1) is 10.5 Å². The molecule has 0 radical (unpaired) electrons. The number of hydrogen-bond acceptors (Lipinski definition) is 6. The highest BCUT2D eigenvalue weighted by molar-refractivity contribution is 6.02. The summed E-state index contributed by atoms with van der Waals surface area (Å²) in [7, 11) is 1.57. The Kier molecular flexibility index (Phi) is 7.13. The van der Waals surface area contributed by atoms with Crippen molar-refractivity contribution in [2.24, 2.45) is 22.2 Å². The zero-order valence-corrected chi connectivity index (χ0v) is 13.7. The standard InChI is InChI=1S/C14H21N7O4/c1-18-10-5-4-8(21(24)25)7-9(10)13(23)20-11(12(15)22)3-2-6-19-14(16)17/h4-5,7,11,18H,2-3,6H2,1H3,(H2,15,22)(H,20,23)(H4,16,17,19)/t11-/m0/s1. The topological polar surface area (TPSA) is 192 Å². The summed E-state index contributed by atoms with van der Waals surface area (Å²) in [5.41, 5.74) is 15.9. The Balaban J connectivity index is 2.89. The van der Waals surface area contributed by atoms with Gasteiger partial charge in [-0.2, -0.15) is 0 Å². The number of primary amides is 1. The number of nitro groups is 1. The number of aliphatic imine (C=N–C) groups is 1. The molecule has 0 aromatic heterocycles. The van der Waals surface area contributed by atoms with E-state index in [0.717, 1.165) is 6.07 Å². The first-order chi connectivity index (χ1) is 11.8. The van der Waals surface area contributed by atoms with Gasteiger partial charge in [0.2, 0.25) is 5.91 Å². The Morgan fingerprint density at radius 3 is 2.52 bits per heavy atom. The molecular formula is C14H21N7O4. The molecule has 0 aliphatic carbocycles. The van der Waals surface area contributed by atoms with Crippen molar-refractivity contribution in [1.29, 1.82) is 0 Å². The summed E-state index contributed by atoms with van der Waals surface area (Å²) in [5.74, 6) is -1.46. The molecule has 1 aromatic carbocycles. The lowest BCUT2D eigenvalue weighted by atomic mass is 10.1. The Morgan fingerprint density at radius 1 is 1.32 bits per heavy atom. The van der Waals surface area contributed by atoms with Crippen LogP contribution < -0.4 is 27.8 Å². The summed E-state index contributed by atoms with van der Waals surface area (Å²) in [6.45, 7) is 0.278. The highest BCUT2D eigenvalue weighted by Gasteiger charge is 2.22. The maximum absolute atomic E-state index is 12.4. The second kappa shape index (κ2) is 9.05. The van der Waals surface area contributed by atoms with Crippen LogP contribution in [0.3, 0.4) is 0 Å². The van der Waals surface area contributed by atoms with Crippen LogP contribution in [0.2, 0.25) is 0 Å². The fourth-order valence-corrected chi connectivity index (χ4v) is 2.08. The molecular weight excluding hydrogens is 330 g/mol. The third kappa shape index (κ3) is 5.97. The quantitative estimate of drug-likeness (QED) is 0.127. The van der Waals surface area contributed by atoms with Crippen LogP contribution in [-0.4, -0.2) is 42.3 Å². The number of nitrogens with two attached hydrogens (primary N) is 3. The molecule has 1 atom stereocenters. The van der Waals surface area contributed by atoms with Crippen LogP contribution in [0.15, 0.2) is 23.2 Å². The highest BCUT2D eigenvalue weighted by atomic mass is 16.6. The predicted molar refractivity (Wildman–Crippen MR) is 93.0 cm³/mol. The smallest absolute Gasteiger partial charge is 0.270 e. The third-order valence-electron chi connectivity index (χ3n) is 3.32. The summed E-state index contributed by atoms with van der Waals surface area (Å²) in [6, 6.07) is 2.85. The van der Waals surface area contributed by atoms with Crippen LogP contribution in [0.4, 0.5) is 11.4 Å². The van der Waals surface area contributed by atoms with E-state index in [1.165, 1.54) is 12.1 Å². The molecule has 0 saturated carbocycles. The lowest BCUT2D eigenvalue weighted by Crippen LogP contribution is -2.44. The Hall–Kier alpha value is -3.37. The number of nitrogens with zero attached hydrogens (tertiary/aromatic N) is 2. The minimum absolute atomic E-state index is 0.0344. The van der Waals surface area contributed by atoms with Crippen molar-refractivity contribution in [2.45, 2.75) is 18.9 Å². The van der Waals surface area contributed by atoms with E-state index in [0.29, 0.717) is 12.1 Å². The number of nitrogens with one attached hydrogen (secondary N) is 2. The number of benzene rings is 1. The maximum Gasteiger partial charge on any atom is 0.270 e. The van der Waals surface area contributed by atoms with Crippen molar-refractivity contribution < 1.29 is 14.5 Å². The predicted octanol–water partition coefficient (Wildman–Crippen LogP) is -0.726. The number of carbonyl (C=O) groups excluding carboxylic acids is 2. The molecule has 136 valence electrons. The fourth-order valence-electron chi connectivity index (χ4n) is 2.08. The Morgan fingerprint density at radius 2 is 2.00 bits per heavy atom. The van der Waals surface area contributed by atoms with Gasteiger partial charge in [0.25, 0.3) is 11.6 Å². The number of guanidine groups is 1. The van der Waals surface area contributed by atoms with Gasteiger partial charge in [0, 0.05) is 31.4 Å². The number of anilines is 1. The van der Waals surface area contributed by atoms with E-state index in [2.05, 4.69) is 15.6 Å². The van der Waals surface area contributed by atoms with Crippen molar-refractivity contribution >= 4 is 29.1 Å². The van der Waals surface area contributed by atoms with Gasteiger partial charge in [-0.25, -0.2) is 0 Å². The molecule has 0 spiro atoms. The van der Waals surface area contributed by atoms with E-state index in [1.807, 2.05) is 0 Å². The molecule has 11 nitrogen and oxygen atoms in total. The van der Waals surface area contributed by atoms with E-state index in [4.69, 9.17) is 17.2 Å². The van der Waals surface area contributed by atoms with Gasteiger partial charge >= 0.3 is 0 Å². The van der Waals surface area contributed by atoms with E-state index < -0.39 is 22.8 Å². The molecule has 0 unspecified atom stereocenters. The van der Waals surface area contributed by atoms with E-state index in [9.17, 15) is 19.7 Å². The minimum Gasteiger partial charge on any atom is -0.387 e. The molecule has 0 fully saturated rings. The molecule has 11 heteroatoms. The van der Waals surface area contributed by atoms with Crippen LogP contribution in [0.5, 0.6) is 0 Å². The summed E-state index contributed by atoms with van der Waals surface area (Å²) in [4.78, 5) is 38.0. The molecule has 0 saturated heterocycles. The number of amides is 2. The summed E-state index contributed by atoms with van der Waals surface area (Å²) in [5, 5.41) is 16.1. The number of rotatable bonds is 9. The number of hydrogen-bond donors (Lipinski definition) is 5. The monoisotopic (exact) mass is 351 g/mol. The van der Waals surface area contributed by atoms with Crippen LogP contribution in [0.25, 0.3) is 0 Å². The molecule has 25 heavy (non-hydrogen) atoms. The van der Waals surface area contributed by atoms with Gasteiger partial charge in [-0.1, -0.05) is 0 Å². The molecule has 8 N–H and O–H groups in total. The normalized spacial score (nSPS) is 11.2. The van der Waals surface area contributed by atoms with Crippen molar-refractivity contribution in [2.75, 3.05) is 18.9 Å². The summed E-state index contributed by atoms with van der Waals surface area (Å²) >= 11 is 0. The fraction of sp³-hybridized carbons (Fsp3) is 0.357. The van der Waals surface area contributed by atoms with Gasteiger partial charge < -0.3 is 27.8 Å². The van der Waals surface area contributed by atoms with Gasteiger partial charge in [-0.3, -0.25) is 24.7 Å². The Bertz CT molecular complexity index is 686.